The molecule has 78 valence electrons. The van der Waals surface area contributed by atoms with Crippen LogP contribution >= 0.6 is 0 Å². The van der Waals surface area contributed by atoms with Gasteiger partial charge in [0.2, 0.25) is 5.91 Å². The van der Waals surface area contributed by atoms with Crippen LogP contribution < -0.4 is 11.1 Å². The Labute approximate surface area is 87.9 Å². The van der Waals surface area contributed by atoms with E-state index in [2.05, 4.69) is 10.3 Å². The number of carbonyl (C=O) groups excluding carboxylic acids is 1. The van der Waals surface area contributed by atoms with E-state index in [0.29, 0.717) is 11.4 Å². The molecule has 1 amide bonds. The van der Waals surface area contributed by atoms with Crippen LogP contribution in [0.25, 0.3) is 0 Å². The number of amides is 1. The lowest BCUT2D eigenvalue weighted by Gasteiger charge is -2.13. The average molecular weight is 204 g/mol. The van der Waals surface area contributed by atoms with Gasteiger partial charge in [-0.2, -0.15) is 5.26 Å². The molecule has 0 bridgehead atoms. The van der Waals surface area contributed by atoms with Gasteiger partial charge in [0.05, 0.1) is 5.69 Å². The highest BCUT2D eigenvalue weighted by Gasteiger charge is 2.08. The van der Waals surface area contributed by atoms with Gasteiger partial charge in [-0.15, -0.1) is 0 Å². The van der Waals surface area contributed by atoms with Crippen LogP contribution in [-0.4, -0.2) is 16.9 Å². The number of nitrogens with two attached hydrogens (primary N) is 1. The molecule has 0 radical (unpaired) electrons. The average Bonchev–Trinajstić information content (AvgIpc) is 2.17. The number of carbonyl (C=O) groups is 1. The number of primary amides is 1. The van der Waals surface area contributed by atoms with E-state index < -0.39 is 0 Å². The van der Waals surface area contributed by atoms with Crippen LogP contribution in [0.2, 0.25) is 0 Å². The number of anilines is 1. The Morgan fingerprint density at radius 3 is 3.13 bits per heavy atom. The number of nitrogens with one attached hydrogen (secondary N) is 1. The van der Waals surface area contributed by atoms with Crippen molar-refractivity contribution < 1.29 is 4.79 Å². The van der Waals surface area contributed by atoms with E-state index in [-0.39, 0.29) is 18.4 Å². The molecule has 0 aliphatic heterocycles. The standard InChI is InChI=1S/C10H12N4O/c1-7(5-10(12)15)14-8-3-2-4-13-9(8)6-11/h2-4,7,14H,5H2,1H3,(H2,12,15). The van der Waals surface area contributed by atoms with E-state index in [1.807, 2.05) is 13.0 Å². The monoisotopic (exact) mass is 204 g/mol. The summed E-state index contributed by atoms with van der Waals surface area (Å²) in [6.45, 7) is 1.82. The summed E-state index contributed by atoms with van der Waals surface area (Å²) in [5.74, 6) is -0.377. The fourth-order valence-corrected chi connectivity index (χ4v) is 1.23. The topological polar surface area (TPSA) is 91.8 Å². The summed E-state index contributed by atoms with van der Waals surface area (Å²) in [7, 11) is 0. The molecule has 1 rings (SSSR count). The van der Waals surface area contributed by atoms with E-state index in [4.69, 9.17) is 11.0 Å². The normalized spacial score (nSPS) is 11.5. The Morgan fingerprint density at radius 2 is 2.53 bits per heavy atom. The molecule has 1 aromatic heterocycles. The summed E-state index contributed by atoms with van der Waals surface area (Å²) < 4.78 is 0. The number of aromatic nitrogens is 1. The molecule has 0 fully saturated rings. The van der Waals surface area contributed by atoms with Crippen molar-refractivity contribution in [3.8, 4) is 6.07 Å². The molecule has 15 heavy (non-hydrogen) atoms. The first-order valence-corrected chi connectivity index (χ1v) is 4.53. The van der Waals surface area contributed by atoms with Crippen molar-refractivity contribution in [3.05, 3.63) is 24.0 Å². The van der Waals surface area contributed by atoms with Crippen LogP contribution in [0.1, 0.15) is 19.0 Å². The van der Waals surface area contributed by atoms with Gasteiger partial charge in [-0.25, -0.2) is 4.98 Å². The minimum absolute atomic E-state index is 0.112. The minimum Gasteiger partial charge on any atom is -0.380 e. The summed E-state index contributed by atoms with van der Waals surface area (Å²) in [4.78, 5) is 14.5. The number of hydrogen-bond acceptors (Lipinski definition) is 4. The highest BCUT2D eigenvalue weighted by molar-refractivity contribution is 5.75. The molecule has 5 nitrogen and oxygen atoms in total. The van der Waals surface area contributed by atoms with Crippen LogP contribution in [0.4, 0.5) is 5.69 Å². The summed E-state index contributed by atoms with van der Waals surface area (Å²) in [5, 5.41) is 11.8. The zero-order valence-electron chi connectivity index (χ0n) is 8.40. The van der Waals surface area contributed by atoms with Crippen molar-refractivity contribution in [2.45, 2.75) is 19.4 Å². The predicted molar refractivity (Wildman–Crippen MR) is 55.8 cm³/mol. The van der Waals surface area contributed by atoms with E-state index in [0.717, 1.165) is 0 Å². The van der Waals surface area contributed by atoms with Gasteiger partial charge in [0.15, 0.2) is 5.69 Å². The Hall–Kier alpha value is -2.09. The van der Waals surface area contributed by atoms with Gasteiger partial charge in [-0.3, -0.25) is 4.79 Å². The maximum Gasteiger partial charge on any atom is 0.219 e. The van der Waals surface area contributed by atoms with E-state index >= 15 is 0 Å². The molecule has 1 aromatic rings. The second-order valence-electron chi connectivity index (χ2n) is 3.23. The fourth-order valence-electron chi connectivity index (χ4n) is 1.23. The van der Waals surface area contributed by atoms with Gasteiger partial charge in [0, 0.05) is 18.7 Å². The molecule has 0 aromatic carbocycles. The van der Waals surface area contributed by atoms with Crippen molar-refractivity contribution in [1.29, 1.82) is 5.26 Å². The largest absolute Gasteiger partial charge is 0.380 e. The molecular weight excluding hydrogens is 192 g/mol. The second kappa shape index (κ2) is 4.96. The Balaban J connectivity index is 2.72. The second-order valence-corrected chi connectivity index (χ2v) is 3.23. The zero-order chi connectivity index (χ0) is 11.3. The van der Waals surface area contributed by atoms with Crippen LogP contribution in [0, 0.1) is 11.3 Å². The lowest BCUT2D eigenvalue weighted by atomic mass is 10.2. The van der Waals surface area contributed by atoms with E-state index in [1.165, 1.54) is 0 Å². The Bertz CT molecular complexity index is 397. The number of nitriles is 1. The SMILES string of the molecule is CC(CC(N)=O)Nc1cccnc1C#N. The highest BCUT2D eigenvalue weighted by Crippen LogP contribution is 2.12. The molecule has 1 heterocycles. The third-order valence-electron chi connectivity index (χ3n) is 1.82. The molecule has 0 spiro atoms. The molecule has 1 unspecified atom stereocenters. The van der Waals surface area contributed by atoms with Gasteiger partial charge in [0.25, 0.3) is 0 Å². The third-order valence-corrected chi connectivity index (χ3v) is 1.82. The molecule has 0 saturated heterocycles. The number of rotatable bonds is 4. The number of pyridine rings is 1. The van der Waals surface area contributed by atoms with Crippen LogP contribution in [-0.2, 0) is 4.79 Å². The molecule has 0 aliphatic rings. The Kier molecular flexibility index (Phi) is 3.63. The lowest BCUT2D eigenvalue weighted by Crippen LogP contribution is -2.24. The molecule has 3 N–H and O–H groups in total. The van der Waals surface area contributed by atoms with Crippen LogP contribution in [0.3, 0.4) is 0 Å². The first-order chi connectivity index (χ1) is 7.13. The van der Waals surface area contributed by atoms with Crippen molar-refractivity contribution in [2.75, 3.05) is 5.32 Å². The smallest absolute Gasteiger partial charge is 0.219 e. The lowest BCUT2D eigenvalue weighted by molar-refractivity contribution is -0.118. The quantitative estimate of drug-likeness (QED) is 0.752. The van der Waals surface area contributed by atoms with Gasteiger partial charge in [0.1, 0.15) is 6.07 Å². The van der Waals surface area contributed by atoms with E-state index in [9.17, 15) is 4.79 Å². The fraction of sp³-hybridized carbons (Fsp3) is 0.300. The van der Waals surface area contributed by atoms with Crippen molar-refractivity contribution in [3.63, 3.8) is 0 Å². The zero-order valence-corrected chi connectivity index (χ0v) is 8.40. The summed E-state index contributed by atoms with van der Waals surface area (Å²) >= 11 is 0. The van der Waals surface area contributed by atoms with Crippen molar-refractivity contribution in [2.24, 2.45) is 5.73 Å². The Morgan fingerprint density at radius 1 is 1.80 bits per heavy atom. The summed E-state index contributed by atoms with van der Waals surface area (Å²) in [6, 6.07) is 5.31. The maximum absolute atomic E-state index is 10.7. The van der Waals surface area contributed by atoms with Crippen molar-refractivity contribution in [1.82, 2.24) is 4.98 Å². The van der Waals surface area contributed by atoms with E-state index in [1.54, 1.807) is 18.3 Å². The van der Waals surface area contributed by atoms with Crippen molar-refractivity contribution >= 4 is 11.6 Å². The third kappa shape index (κ3) is 3.27. The number of nitrogens with zero attached hydrogens (tertiary/aromatic N) is 2. The molecule has 1 atom stereocenters. The molecule has 0 aliphatic carbocycles. The van der Waals surface area contributed by atoms with Crippen LogP contribution in [0.5, 0.6) is 0 Å². The summed E-state index contributed by atoms with van der Waals surface area (Å²) in [6.07, 6.45) is 1.77. The molecular formula is C10H12N4O. The van der Waals surface area contributed by atoms with Gasteiger partial charge in [-0.05, 0) is 19.1 Å². The summed E-state index contributed by atoms with van der Waals surface area (Å²) in [5.41, 5.74) is 5.99. The molecule has 0 saturated carbocycles. The predicted octanol–water partition coefficient (Wildman–Crippen LogP) is 0.629. The minimum atomic E-state index is -0.377. The van der Waals surface area contributed by atoms with Crippen LogP contribution in [0.15, 0.2) is 18.3 Å². The van der Waals surface area contributed by atoms with Gasteiger partial charge >= 0.3 is 0 Å². The number of hydrogen-bond donors (Lipinski definition) is 2. The first-order valence-electron chi connectivity index (χ1n) is 4.53. The highest BCUT2D eigenvalue weighted by atomic mass is 16.1. The maximum atomic E-state index is 10.7. The van der Waals surface area contributed by atoms with Gasteiger partial charge in [-0.1, -0.05) is 0 Å². The first kappa shape index (κ1) is 11.0. The molecule has 5 heteroatoms. The van der Waals surface area contributed by atoms with Gasteiger partial charge < -0.3 is 11.1 Å².